The number of aryl methyl sites for hydroxylation is 2. The second kappa shape index (κ2) is 6.94. The number of terminal acetylenes is 1. The Morgan fingerprint density at radius 1 is 1.31 bits per heavy atom. The van der Waals surface area contributed by atoms with Crippen molar-refractivity contribution in [1.82, 2.24) is 4.57 Å². The van der Waals surface area contributed by atoms with Crippen LogP contribution in [-0.2, 0) is 6.54 Å². The lowest BCUT2D eigenvalue weighted by Crippen LogP contribution is -2.16. The van der Waals surface area contributed by atoms with Gasteiger partial charge in [0.25, 0.3) is 11.6 Å². The number of nitro benzene ring substituents is 1. The van der Waals surface area contributed by atoms with Crippen molar-refractivity contribution in [1.29, 1.82) is 0 Å². The predicted molar refractivity (Wildman–Crippen MR) is 101 cm³/mol. The number of hydrogen-bond acceptors (Lipinski definition) is 4. The fourth-order valence-corrected chi connectivity index (χ4v) is 3.80. The van der Waals surface area contributed by atoms with E-state index < -0.39 is 10.8 Å². The van der Waals surface area contributed by atoms with E-state index in [0.29, 0.717) is 11.3 Å². The summed E-state index contributed by atoms with van der Waals surface area (Å²) in [5.41, 5.74) is 3.36. The average molecular weight is 365 g/mol. The second-order valence-electron chi connectivity index (χ2n) is 5.83. The molecule has 0 atom stereocenters. The summed E-state index contributed by atoms with van der Waals surface area (Å²) in [6, 6.07) is 9.47. The second-order valence-corrected chi connectivity index (χ2v) is 6.80. The zero-order valence-electron chi connectivity index (χ0n) is 14.2. The van der Waals surface area contributed by atoms with Gasteiger partial charge in [-0.3, -0.25) is 14.9 Å². The highest BCUT2D eigenvalue weighted by molar-refractivity contribution is 7.16. The molecule has 6 nitrogen and oxygen atoms in total. The van der Waals surface area contributed by atoms with Gasteiger partial charge in [-0.2, -0.15) is 4.99 Å². The Hall–Kier alpha value is -3.24. The minimum atomic E-state index is -0.511. The van der Waals surface area contributed by atoms with Gasteiger partial charge < -0.3 is 4.57 Å². The molecule has 0 bridgehead atoms. The molecule has 2 aromatic carbocycles. The Balaban J connectivity index is 2.12. The van der Waals surface area contributed by atoms with Crippen molar-refractivity contribution < 1.29 is 9.72 Å². The molecular weight excluding hydrogens is 350 g/mol. The van der Waals surface area contributed by atoms with Crippen molar-refractivity contribution >= 4 is 33.1 Å². The van der Waals surface area contributed by atoms with Crippen molar-refractivity contribution in [2.75, 3.05) is 0 Å². The molecule has 1 heterocycles. The Morgan fingerprint density at radius 2 is 2.00 bits per heavy atom. The van der Waals surface area contributed by atoms with Gasteiger partial charge in [0.2, 0.25) is 0 Å². The highest BCUT2D eigenvalue weighted by atomic mass is 32.1. The first-order valence-electron chi connectivity index (χ1n) is 7.78. The van der Waals surface area contributed by atoms with Crippen LogP contribution >= 0.6 is 11.3 Å². The molecule has 130 valence electrons. The van der Waals surface area contributed by atoms with Crippen LogP contribution in [-0.4, -0.2) is 15.4 Å². The maximum absolute atomic E-state index is 12.5. The monoisotopic (exact) mass is 365 g/mol. The number of amides is 1. The molecule has 0 unspecified atom stereocenters. The summed E-state index contributed by atoms with van der Waals surface area (Å²) < 4.78 is 2.87. The zero-order chi connectivity index (χ0) is 18.8. The molecule has 0 saturated heterocycles. The first-order valence-corrected chi connectivity index (χ1v) is 8.60. The lowest BCUT2D eigenvalue weighted by molar-refractivity contribution is -0.384. The highest BCUT2D eigenvalue weighted by Crippen LogP contribution is 2.23. The number of thiazole rings is 1. The summed E-state index contributed by atoms with van der Waals surface area (Å²) in [6.45, 7) is 4.31. The molecule has 0 aliphatic heterocycles. The van der Waals surface area contributed by atoms with E-state index in [9.17, 15) is 14.9 Å². The summed E-state index contributed by atoms with van der Waals surface area (Å²) in [5, 5.41) is 10.7. The number of rotatable bonds is 3. The fourth-order valence-electron chi connectivity index (χ4n) is 2.72. The maximum atomic E-state index is 12.5. The Morgan fingerprint density at radius 3 is 2.62 bits per heavy atom. The molecule has 0 aliphatic carbocycles. The van der Waals surface area contributed by atoms with E-state index in [1.165, 1.54) is 35.6 Å². The Kier molecular flexibility index (Phi) is 4.69. The van der Waals surface area contributed by atoms with Crippen LogP contribution in [0.4, 0.5) is 5.69 Å². The number of nitrogens with zero attached hydrogens (tertiary/aromatic N) is 3. The van der Waals surface area contributed by atoms with Gasteiger partial charge in [0.05, 0.1) is 21.7 Å². The van der Waals surface area contributed by atoms with E-state index in [1.54, 1.807) is 0 Å². The molecule has 7 heteroatoms. The number of carbonyl (C=O) groups is 1. The van der Waals surface area contributed by atoms with Gasteiger partial charge in [-0.25, -0.2) is 0 Å². The van der Waals surface area contributed by atoms with E-state index in [2.05, 4.69) is 17.0 Å². The number of benzene rings is 2. The molecule has 1 amide bonds. The number of carbonyl (C=O) groups excluding carboxylic acids is 1. The van der Waals surface area contributed by atoms with E-state index in [-0.39, 0.29) is 11.3 Å². The SMILES string of the molecule is C#CCn1c(=NC(=O)c2ccc([N+](=O)[O-])cc2)sc2c(C)cc(C)cc21. The van der Waals surface area contributed by atoms with Gasteiger partial charge in [0.15, 0.2) is 4.80 Å². The molecule has 1 aromatic heterocycles. The zero-order valence-corrected chi connectivity index (χ0v) is 15.0. The molecule has 0 saturated carbocycles. The molecule has 0 fully saturated rings. The third kappa shape index (κ3) is 3.27. The van der Waals surface area contributed by atoms with Gasteiger partial charge in [-0.1, -0.05) is 23.3 Å². The normalized spacial score (nSPS) is 11.5. The van der Waals surface area contributed by atoms with Crippen molar-refractivity contribution in [3.05, 3.63) is 68.0 Å². The van der Waals surface area contributed by atoms with Gasteiger partial charge in [0.1, 0.15) is 0 Å². The van der Waals surface area contributed by atoms with Crippen LogP contribution in [0.15, 0.2) is 41.4 Å². The predicted octanol–water partition coefficient (Wildman–Crippen LogP) is 3.60. The minimum Gasteiger partial charge on any atom is -0.305 e. The fraction of sp³-hybridized carbons (Fsp3) is 0.158. The van der Waals surface area contributed by atoms with E-state index in [4.69, 9.17) is 6.42 Å². The first-order chi connectivity index (χ1) is 12.4. The van der Waals surface area contributed by atoms with Crippen LogP contribution in [0.25, 0.3) is 10.2 Å². The summed E-state index contributed by atoms with van der Waals surface area (Å²) in [7, 11) is 0. The molecule has 3 rings (SSSR count). The first kappa shape index (κ1) is 17.6. The largest absolute Gasteiger partial charge is 0.305 e. The third-order valence-corrected chi connectivity index (χ3v) is 5.12. The third-order valence-electron chi connectivity index (χ3n) is 3.89. The molecule has 0 spiro atoms. The summed E-state index contributed by atoms with van der Waals surface area (Å²) in [5.74, 6) is 2.13. The summed E-state index contributed by atoms with van der Waals surface area (Å²) in [4.78, 5) is 27.4. The number of non-ortho nitro benzene ring substituents is 1. The molecule has 0 aliphatic rings. The molecule has 0 N–H and O–H groups in total. The molecule has 3 aromatic rings. The molecule has 0 radical (unpaired) electrons. The smallest absolute Gasteiger partial charge is 0.279 e. The van der Waals surface area contributed by atoms with Gasteiger partial charge in [-0.05, 0) is 43.2 Å². The number of fused-ring (bicyclic) bond motifs is 1. The van der Waals surface area contributed by atoms with Crippen LogP contribution < -0.4 is 4.80 Å². The van der Waals surface area contributed by atoms with Crippen LogP contribution in [0, 0.1) is 36.3 Å². The summed E-state index contributed by atoms with van der Waals surface area (Å²) >= 11 is 1.40. The molecular formula is C19H15N3O3S. The van der Waals surface area contributed by atoms with Gasteiger partial charge >= 0.3 is 0 Å². The van der Waals surface area contributed by atoms with Crippen LogP contribution in [0.3, 0.4) is 0 Å². The lowest BCUT2D eigenvalue weighted by Gasteiger charge is -2.02. The van der Waals surface area contributed by atoms with Crippen LogP contribution in [0.1, 0.15) is 21.5 Å². The van der Waals surface area contributed by atoms with Crippen molar-refractivity contribution in [3.8, 4) is 12.3 Å². The Labute approximate surface area is 153 Å². The average Bonchev–Trinajstić information content (AvgIpc) is 2.93. The van der Waals surface area contributed by atoms with Crippen LogP contribution in [0.2, 0.25) is 0 Å². The van der Waals surface area contributed by atoms with Crippen molar-refractivity contribution in [2.45, 2.75) is 20.4 Å². The van der Waals surface area contributed by atoms with Crippen molar-refractivity contribution in [2.24, 2.45) is 4.99 Å². The molecule has 26 heavy (non-hydrogen) atoms. The Bertz CT molecular complexity index is 1130. The lowest BCUT2D eigenvalue weighted by atomic mass is 10.1. The number of nitro groups is 1. The maximum Gasteiger partial charge on any atom is 0.279 e. The van der Waals surface area contributed by atoms with Crippen molar-refractivity contribution in [3.63, 3.8) is 0 Å². The van der Waals surface area contributed by atoms with Crippen LogP contribution in [0.5, 0.6) is 0 Å². The number of hydrogen-bond donors (Lipinski definition) is 0. The summed E-state index contributed by atoms with van der Waals surface area (Å²) in [6.07, 6.45) is 5.49. The van der Waals surface area contributed by atoms with Gasteiger partial charge in [-0.15, -0.1) is 6.42 Å². The highest BCUT2D eigenvalue weighted by Gasteiger charge is 2.12. The topological polar surface area (TPSA) is 77.5 Å². The van der Waals surface area contributed by atoms with E-state index in [1.807, 2.05) is 24.5 Å². The quantitative estimate of drug-likeness (QED) is 0.404. The van der Waals surface area contributed by atoms with E-state index in [0.717, 1.165) is 21.3 Å². The standard InChI is InChI=1S/C19H15N3O3S/c1-4-9-21-16-11-12(2)10-13(3)17(16)26-19(21)20-18(23)14-5-7-15(8-6-14)22(24)25/h1,5-8,10-11H,9H2,2-3H3. The van der Waals surface area contributed by atoms with Gasteiger partial charge in [0, 0.05) is 17.7 Å². The number of aromatic nitrogens is 1. The van der Waals surface area contributed by atoms with E-state index >= 15 is 0 Å². The minimum absolute atomic E-state index is 0.0723.